The summed E-state index contributed by atoms with van der Waals surface area (Å²) >= 11 is 4.52. The molecule has 7 heteroatoms. The zero-order valence-electron chi connectivity index (χ0n) is 10.0. The van der Waals surface area contributed by atoms with Crippen molar-refractivity contribution in [1.29, 1.82) is 0 Å². The number of thiazole rings is 1. The molecule has 0 aliphatic rings. The summed E-state index contributed by atoms with van der Waals surface area (Å²) in [5.74, 6) is -0.240. The molecule has 1 heterocycles. The number of carboxylic acids is 1. The van der Waals surface area contributed by atoms with Crippen LogP contribution in [0.1, 0.15) is 15.5 Å². The third kappa shape index (κ3) is 3.45. The van der Waals surface area contributed by atoms with Crippen molar-refractivity contribution in [3.63, 3.8) is 0 Å². The first-order valence-corrected chi connectivity index (χ1v) is 7.02. The highest BCUT2D eigenvalue weighted by atomic mass is 79.9. The molecule has 0 atom stereocenters. The summed E-state index contributed by atoms with van der Waals surface area (Å²) < 4.78 is 5.99. The number of anilines is 1. The third-order valence-electron chi connectivity index (χ3n) is 2.36. The van der Waals surface area contributed by atoms with Crippen LogP contribution in [0.4, 0.5) is 5.69 Å². The molecule has 0 bridgehead atoms. The van der Waals surface area contributed by atoms with Crippen LogP contribution in [0.3, 0.4) is 0 Å². The third-order valence-corrected chi connectivity index (χ3v) is 3.86. The first-order chi connectivity index (χ1) is 9.10. The molecule has 0 unspecified atom stereocenters. The molecule has 2 N–H and O–H groups in total. The van der Waals surface area contributed by atoms with E-state index in [9.17, 15) is 4.79 Å². The average molecular weight is 343 g/mol. The molecule has 2 aromatic rings. The Morgan fingerprint density at radius 1 is 1.58 bits per heavy atom. The molecule has 0 fully saturated rings. The van der Waals surface area contributed by atoms with Gasteiger partial charge in [0.2, 0.25) is 5.01 Å². The van der Waals surface area contributed by atoms with Crippen LogP contribution in [-0.2, 0) is 6.54 Å². The fourth-order valence-corrected chi connectivity index (χ4v) is 2.65. The highest BCUT2D eigenvalue weighted by molar-refractivity contribution is 9.10. The number of benzene rings is 1. The fraction of sp³-hybridized carbons (Fsp3) is 0.167. The minimum absolute atomic E-state index is 0.104. The van der Waals surface area contributed by atoms with Gasteiger partial charge < -0.3 is 15.2 Å². The van der Waals surface area contributed by atoms with Gasteiger partial charge in [-0.05, 0) is 34.1 Å². The van der Waals surface area contributed by atoms with E-state index < -0.39 is 5.97 Å². The molecule has 5 nitrogen and oxygen atoms in total. The van der Waals surface area contributed by atoms with E-state index in [0.717, 1.165) is 27.2 Å². The number of methoxy groups -OCH3 is 1. The second-order valence-electron chi connectivity index (χ2n) is 3.65. The summed E-state index contributed by atoms with van der Waals surface area (Å²) in [7, 11) is 1.61. The number of aromatic nitrogens is 1. The van der Waals surface area contributed by atoms with Crippen molar-refractivity contribution < 1.29 is 14.6 Å². The number of halogens is 1. The molecule has 100 valence electrons. The van der Waals surface area contributed by atoms with Gasteiger partial charge in [0, 0.05) is 11.1 Å². The van der Waals surface area contributed by atoms with Crippen LogP contribution in [0, 0.1) is 0 Å². The number of hydrogen-bond acceptors (Lipinski definition) is 5. The van der Waals surface area contributed by atoms with Gasteiger partial charge in [0.1, 0.15) is 5.75 Å². The van der Waals surface area contributed by atoms with Gasteiger partial charge in [-0.2, -0.15) is 0 Å². The molecule has 1 aromatic carbocycles. The van der Waals surface area contributed by atoms with E-state index >= 15 is 0 Å². The molecule has 0 amide bonds. The van der Waals surface area contributed by atoms with Gasteiger partial charge >= 0.3 is 5.97 Å². The lowest BCUT2D eigenvalue weighted by molar-refractivity contribution is 0.0696. The highest BCUT2D eigenvalue weighted by Gasteiger charge is 2.08. The van der Waals surface area contributed by atoms with Crippen molar-refractivity contribution in [2.45, 2.75) is 6.54 Å². The van der Waals surface area contributed by atoms with E-state index in [2.05, 4.69) is 26.2 Å². The van der Waals surface area contributed by atoms with Crippen molar-refractivity contribution >= 4 is 38.9 Å². The average Bonchev–Trinajstić information content (AvgIpc) is 2.85. The summed E-state index contributed by atoms with van der Waals surface area (Å²) in [6.45, 7) is 0.475. The van der Waals surface area contributed by atoms with Gasteiger partial charge in [-0.15, -0.1) is 11.3 Å². The van der Waals surface area contributed by atoms with Crippen LogP contribution in [0.5, 0.6) is 5.75 Å². The molecule has 0 aliphatic carbocycles. The molecule has 0 saturated carbocycles. The number of nitrogens with zero attached hydrogens (tertiary/aromatic N) is 1. The number of carboxylic acid groups (broad SMARTS) is 1. The molecule has 0 saturated heterocycles. The van der Waals surface area contributed by atoms with Crippen molar-refractivity contribution in [2.75, 3.05) is 12.4 Å². The number of ether oxygens (including phenoxy) is 1. The van der Waals surface area contributed by atoms with Crippen molar-refractivity contribution in [2.24, 2.45) is 0 Å². The SMILES string of the molecule is COc1ccc(NCc2csc(C(=O)O)n2)cc1Br. The quantitative estimate of drug-likeness (QED) is 0.872. The van der Waals surface area contributed by atoms with Gasteiger partial charge in [-0.3, -0.25) is 0 Å². The molecule has 0 radical (unpaired) electrons. The lowest BCUT2D eigenvalue weighted by Gasteiger charge is -2.07. The van der Waals surface area contributed by atoms with Gasteiger partial charge in [-0.1, -0.05) is 0 Å². The highest BCUT2D eigenvalue weighted by Crippen LogP contribution is 2.27. The van der Waals surface area contributed by atoms with Gasteiger partial charge in [0.15, 0.2) is 0 Å². The van der Waals surface area contributed by atoms with E-state index in [4.69, 9.17) is 9.84 Å². The lowest BCUT2D eigenvalue weighted by atomic mass is 10.3. The fourth-order valence-electron chi connectivity index (χ4n) is 1.46. The number of aromatic carboxylic acids is 1. The number of nitrogens with one attached hydrogen (secondary N) is 1. The van der Waals surface area contributed by atoms with Crippen molar-refractivity contribution in [1.82, 2.24) is 4.98 Å². The lowest BCUT2D eigenvalue weighted by Crippen LogP contribution is -2.01. The molecule has 19 heavy (non-hydrogen) atoms. The monoisotopic (exact) mass is 342 g/mol. The number of carbonyl (C=O) groups is 1. The van der Waals surface area contributed by atoms with Gasteiger partial charge in [0.25, 0.3) is 0 Å². The van der Waals surface area contributed by atoms with Crippen LogP contribution >= 0.6 is 27.3 Å². The Balaban J connectivity index is 2.01. The summed E-state index contributed by atoms with van der Waals surface area (Å²) in [4.78, 5) is 14.7. The molecule has 1 aromatic heterocycles. The normalized spacial score (nSPS) is 10.2. The minimum Gasteiger partial charge on any atom is -0.496 e. The Hall–Kier alpha value is -1.60. The summed E-state index contributed by atoms with van der Waals surface area (Å²) in [5.41, 5.74) is 1.60. The maximum atomic E-state index is 10.7. The van der Waals surface area contributed by atoms with Crippen molar-refractivity contribution in [3.05, 3.63) is 38.8 Å². The standard InChI is InChI=1S/C12H11BrN2O3S/c1-18-10-3-2-7(4-9(10)13)14-5-8-6-19-11(15-8)12(16)17/h2-4,6,14H,5H2,1H3,(H,16,17). The van der Waals surface area contributed by atoms with Crippen LogP contribution < -0.4 is 10.1 Å². The molecular formula is C12H11BrN2O3S. The Labute approximate surface area is 122 Å². The Morgan fingerprint density at radius 3 is 2.95 bits per heavy atom. The number of rotatable bonds is 5. The summed E-state index contributed by atoms with van der Waals surface area (Å²) in [6, 6.07) is 5.62. The Kier molecular flexibility index (Phi) is 4.39. The second-order valence-corrected chi connectivity index (χ2v) is 5.36. The maximum Gasteiger partial charge on any atom is 0.365 e. The van der Waals surface area contributed by atoms with Crippen LogP contribution in [0.15, 0.2) is 28.1 Å². The van der Waals surface area contributed by atoms with E-state index in [1.54, 1.807) is 12.5 Å². The predicted molar refractivity (Wildman–Crippen MR) is 77.1 cm³/mol. The second kappa shape index (κ2) is 6.03. The molecule has 0 spiro atoms. The topological polar surface area (TPSA) is 71.5 Å². The van der Waals surface area contributed by atoms with Gasteiger partial charge in [-0.25, -0.2) is 9.78 Å². The van der Waals surface area contributed by atoms with E-state index in [1.165, 1.54) is 0 Å². The van der Waals surface area contributed by atoms with Crippen molar-refractivity contribution in [3.8, 4) is 5.75 Å². The maximum absolute atomic E-state index is 10.7. The summed E-state index contributed by atoms with van der Waals surface area (Å²) in [6.07, 6.45) is 0. The molecule has 0 aliphatic heterocycles. The zero-order valence-corrected chi connectivity index (χ0v) is 12.4. The predicted octanol–water partition coefficient (Wildman–Crippen LogP) is 3.22. The van der Waals surface area contributed by atoms with E-state index in [1.807, 2.05) is 18.2 Å². The smallest absolute Gasteiger partial charge is 0.365 e. The van der Waals surface area contributed by atoms with Gasteiger partial charge in [0.05, 0.1) is 23.8 Å². The van der Waals surface area contributed by atoms with Crippen LogP contribution in [0.25, 0.3) is 0 Å². The largest absolute Gasteiger partial charge is 0.496 e. The zero-order chi connectivity index (χ0) is 13.8. The molecular weight excluding hydrogens is 332 g/mol. The van der Waals surface area contributed by atoms with E-state index in [-0.39, 0.29) is 5.01 Å². The summed E-state index contributed by atoms with van der Waals surface area (Å²) in [5, 5.41) is 13.8. The molecule has 2 rings (SSSR count). The van der Waals surface area contributed by atoms with Crippen LogP contribution in [-0.4, -0.2) is 23.2 Å². The van der Waals surface area contributed by atoms with E-state index in [0.29, 0.717) is 12.2 Å². The number of hydrogen-bond donors (Lipinski definition) is 2. The first kappa shape index (κ1) is 13.8. The minimum atomic E-state index is -0.997. The van der Waals surface area contributed by atoms with Crippen LogP contribution in [0.2, 0.25) is 0 Å². The Morgan fingerprint density at radius 2 is 2.37 bits per heavy atom. The Bertz CT molecular complexity index is 600. The first-order valence-electron chi connectivity index (χ1n) is 5.35.